The maximum atomic E-state index is 11.0. The van der Waals surface area contributed by atoms with Gasteiger partial charge in [0.25, 0.3) is 0 Å². The second-order valence-corrected chi connectivity index (χ2v) is 15.1. The first-order valence-electron chi connectivity index (χ1n) is 18.8. The number of ether oxygens (including phenoxy) is 4. The Kier molecular flexibility index (Phi) is 40.9. The van der Waals surface area contributed by atoms with E-state index in [1.165, 1.54) is 29.5 Å². The van der Waals surface area contributed by atoms with Crippen molar-refractivity contribution in [3.05, 3.63) is 147 Å². The molecule has 4 aliphatic heterocycles. The molecule has 0 radical (unpaired) electrons. The number of fused-ring (bicyclic) bond motifs is 3. The molecule has 5 N–H and O–H groups in total. The van der Waals surface area contributed by atoms with Gasteiger partial charge in [-0.3, -0.25) is 0 Å². The van der Waals surface area contributed by atoms with Gasteiger partial charge in [-0.15, -0.1) is 0 Å². The molecule has 1 saturated heterocycles. The average Bonchev–Trinajstić information content (AvgIpc) is 4.10. The second kappa shape index (κ2) is 37.2. The summed E-state index contributed by atoms with van der Waals surface area (Å²) in [6.45, 7) is 11.2. The van der Waals surface area contributed by atoms with E-state index in [1.807, 2.05) is 18.2 Å². The van der Waals surface area contributed by atoms with Crippen LogP contribution in [0.3, 0.4) is 0 Å². The van der Waals surface area contributed by atoms with Crippen LogP contribution >= 0.6 is 8.25 Å². The number of halogens is 1. The van der Waals surface area contributed by atoms with Crippen LogP contribution in [-0.2, 0) is 72.4 Å². The van der Waals surface area contributed by atoms with Crippen molar-refractivity contribution >= 4 is 43.2 Å². The Bertz CT molecular complexity index is 2240. The Hall–Kier alpha value is -4.68. The van der Waals surface area contributed by atoms with Gasteiger partial charge in [-0.05, 0) is 121 Å². The van der Waals surface area contributed by atoms with Crippen LogP contribution in [0.5, 0.6) is 0 Å². The summed E-state index contributed by atoms with van der Waals surface area (Å²) in [5.74, 6) is -0.594. The SMILES string of the molecule is C.C.C.C.C.C1CCOC1.CC(C)(O)c1ccc(C#N)cc1CO.CC1(C)OCc2cc(CN)ccc21.N#Cc1ccc2c(c1)COC2=O.N#Cc1ccc2c(c1)COC2=O.O=[P+]([O-])OO.[Br-].[CH3-].[HH].[Mg+2]. The van der Waals surface area contributed by atoms with Crippen LogP contribution in [0.1, 0.15) is 155 Å². The summed E-state index contributed by atoms with van der Waals surface area (Å²) in [6, 6.07) is 27.1. The number of aliphatic hydroxyl groups is 2. The Morgan fingerprint density at radius 2 is 1.22 bits per heavy atom. The van der Waals surface area contributed by atoms with Crippen LogP contribution < -0.4 is 27.6 Å². The minimum absolute atomic E-state index is 0. The molecule has 0 amide bonds. The van der Waals surface area contributed by atoms with Gasteiger partial charge in [0.05, 0.1) is 70.4 Å². The van der Waals surface area contributed by atoms with Gasteiger partial charge in [-0.2, -0.15) is 15.8 Å². The van der Waals surface area contributed by atoms with E-state index in [1.54, 1.807) is 68.4 Å². The molecule has 0 aliphatic carbocycles. The fourth-order valence-corrected chi connectivity index (χ4v) is 6.12. The molecule has 1 fully saturated rings. The molecule has 16 nitrogen and oxygen atoms in total. The zero-order chi connectivity index (χ0) is 45.2. The first-order valence-corrected chi connectivity index (χ1v) is 19.9. The number of nitriles is 3. The summed E-state index contributed by atoms with van der Waals surface area (Å²) < 4.78 is 31.8. The van der Waals surface area contributed by atoms with E-state index in [2.05, 4.69) is 36.7 Å². The maximum Gasteiger partial charge on any atom is 2.00 e. The Labute approximate surface area is 439 Å². The zero-order valence-corrected chi connectivity index (χ0v) is 40.2. The van der Waals surface area contributed by atoms with Crippen molar-refractivity contribution in [3.63, 3.8) is 0 Å². The fraction of sp³-hybridized carbons (Fsp3) is 0.400. The summed E-state index contributed by atoms with van der Waals surface area (Å²) >= 11 is 0. The molecule has 0 bridgehead atoms. The van der Waals surface area contributed by atoms with Crippen LogP contribution in [-0.4, -0.2) is 63.7 Å². The van der Waals surface area contributed by atoms with E-state index in [0.29, 0.717) is 58.7 Å². The van der Waals surface area contributed by atoms with E-state index >= 15 is 0 Å². The van der Waals surface area contributed by atoms with Crippen molar-refractivity contribution < 1.29 is 76.5 Å². The van der Waals surface area contributed by atoms with Crippen LogP contribution in [0.4, 0.5) is 0 Å². The molecule has 4 heterocycles. The number of benzene rings is 4. The van der Waals surface area contributed by atoms with Crippen LogP contribution in [0.15, 0.2) is 72.8 Å². The number of carbonyl (C=O) groups excluding carboxylic acids is 2. The molecular formula is C50H72BrMgN4O12P. The van der Waals surface area contributed by atoms with Gasteiger partial charge >= 0.3 is 43.2 Å². The molecule has 1 unspecified atom stereocenters. The minimum atomic E-state index is -3.04. The minimum Gasteiger partial charge on any atom is -1.00 e. The van der Waals surface area contributed by atoms with Crippen molar-refractivity contribution in [2.45, 2.75) is 122 Å². The summed E-state index contributed by atoms with van der Waals surface area (Å²) in [4.78, 5) is 30.9. The van der Waals surface area contributed by atoms with Crippen molar-refractivity contribution in [1.29, 1.82) is 15.8 Å². The van der Waals surface area contributed by atoms with Crippen molar-refractivity contribution in [1.82, 2.24) is 0 Å². The molecule has 4 aromatic carbocycles. The molecule has 1 atom stereocenters. The smallest absolute Gasteiger partial charge is 1.00 e. The predicted octanol–water partition coefficient (Wildman–Crippen LogP) is 6.44. The van der Waals surface area contributed by atoms with E-state index in [9.17, 15) is 14.7 Å². The van der Waals surface area contributed by atoms with Crippen molar-refractivity contribution in [3.8, 4) is 18.2 Å². The zero-order valence-electron chi connectivity index (χ0n) is 36.3. The van der Waals surface area contributed by atoms with E-state index < -0.39 is 13.9 Å². The number of carbonyl (C=O) groups is 2. The monoisotopic (exact) mass is 1050 g/mol. The molecule has 69 heavy (non-hydrogen) atoms. The summed E-state index contributed by atoms with van der Waals surface area (Å²) in [7, 11) is -3.04. The molecule has 378 valence electrons. The van der Waals surface area contributed by atoms with Crippen LogP contribution in [0.25, 0.3) is 0 Å². The number of nitrogens with two attached hydrogens (primary N) is 1. The number of rotatable bonds is 4. The summed E-state index contributed by atoms with van der Waals surface area (Å²) in [6.07, 6.45) is 2.56. The second-order valence-electron chi connectivity index (χ2n) is 14.4. The quantitative estimate of drug-likeness (QED) is 0.0427. The van der Waals surface area contributed by atoms with Gasteiger partial charge in [0.1, 0.15) is 13.2 Å². The average molecular weight is 1060 g/mol. The van der Waals surface area contributed by atoms with E-state index in [0.717, 1.165) is 30.9 Å². The van der Waals surface area contributed by atoms with Gasteiger partial charge in [-0.25, -0.2) is 14.8 Å². The Balaban J connectivity index is -0.000000136. The largest absolute Gasteiger partial charge is 2.00 e. The van der Waals surface area contributed by atoms with E-state index in [4.69, 9.17) is 60.3 Å². The molecule has 4 aliphatic rings. The Morgan fingerprint density at radius 1 is 0.783 bits per heavy atom. The third-order valence-electron chi connectivity index (χ3n) is 9.23. The molecule has 19 heteroatoms. The molecule has 0 saturated carbocycles. The number of cyclic esters (lactones) is 2. The molecule has 4 aromatic rings. The van der Waals surface area contributed by atoms with Gasteiger partial charge in [0.2, 0.25) is 0 Å². The topological polar surface area (TPSA) is 278 Å². The standard InChI is InChI=1S/C11H13NO2.C11H15NO.2C9H5NO2.C4H8O.5CH4.CH3.BrH.Mg.HO4P.H2/c1-11(2,14)10-4-3-8(6-12)5-9(10)7-13;1-11(2)10-4-3-8(6-12)5-9(10)7-13-11;2*10-4-6-1-2-8-7(3-6)5-12-9(8)11;1-2-4-5-3-1;;;;;;;;;1-4-5(2)3;/h3-5,13-14H,7H2,1-2H3;3-5H,6-7,12H2,1-2H3;2*1-3H,5H2;1-4H2;5*1H4;1H3;1H;;1H;1H/q;;;;;;;;;;-1;;+2;;/p-1. The third-order valence-corrected chi connectivity index (χ3v) is 9.36. The van der Waals surface area contributed by atoms with Gasteiger partial charge in [0, 0.05) is 37.0 Å². The van der Waals surface area contributed by atoms with Crippen molar-refractivity contribution in [2.75, 3.05) is 13.2 Å². The number of nitrogens with zero attached hydrogens (tertiary/aromatic N) is 3. The molecule has 8 rings (SSSR count). The summed E-state index contributed by atoms with van der Waals surface area (Å²) in [5.41, 5.74) is 13.8. The number of aliphatic hydroxyl groups excluding tert-OH is 1. The van der Waals surface area contributed by atoms with Crippen LogP contribution in [0, 0.1) is 41.4 Å². The molecule has 0 aromatic heterocycles. The number of hydrogen-bond donors (Lipinski definition) is 4. The number of esters is 2. The van der Waals surface area contributed by atoms with Gasteiger partial charge in [-0.1, -0.05) is 61.4 Å². The maximum absolute atomic E-state index is 11.0. The third kappa shape index (κ3) is 23.7. The van der Waals surface area contributed by atoms with Crippen LogP contribution in [0.2, 0.25) is 0 Å². The first kappa shape index (κ1) is 75.8. The van der Waals surface area contributed by atoms with E-state index in [-0.39, 0.29) is 110 Å². The number of hydrogen-bond acceptors (Lipinski definition) is 16. The molecule has 0 spiro atoms. The first-order chi connectivity index (χ1) is 29.0. The van der Waals surface area contributed by atoms with Crippen molar-refractivity contribution in [2.24, 2.45) is 5.73 Å². The molecular weight excluding hydrogens is 984 g/mol. The normalized spacial score (nSPS) is 13.0. The fourth-order valence-electron chi connectivity index (χ4n) is 6.12. The van der Waals surface area contributed by atoms with Gasteiger partial charge in [0.15, 0.2) is 0 Å². The van der Waals surface area contributed by atoms with Gasteiger partial charge < -0.3 is 64.2 Å². The summed E-state index contributed by atoms with van der Waals surface area (Å²) in [5, 5.41) is 51.7. The predicted molar refractivity (Wildman–Crippen MR) is 264 cm³/mol. The Morgan fingerprint density at radius 3 is 1.58 bits per heavy atom.